The summed E-state index contributed by atoms with van der Waals surface area (Å²) in [5.74, 6) is -0.665. The Bertz CT molecular complexity index is 426. The summed E-state index contributed by atoms with van der Waals surface area (Å²) < 4.78 is 18.2. The van der Waals surface area contributed by atoms with E-state index in [1.807, 2.05) is 0 Å². The number of benzene rings is 1. The first-order valence-electron chi connectivity index (χ1n) is 5.98. The van der Waals surface area contributed by atoms with Crippen molar-refractivity contribution in [2.45, 2.75) is 18.9 Å². The van der Waals surface area contributed by atoms with E-state index in [9.17, 15) is 9.18 Å². The smallest absolute Gasteiger partial charge is 0.254 e. The molecule has 1 aliphatic rings. The summed E-state index contributed by atoms with van der Waals surface area (Å²) >= 11 is 0. The molecule has 0 radical (unpaired) electrons. The van der Waals surface area contributed by atoms with Crippen LogP contribution in [0.2, 0.25) is 0 Å². The van der Waals surface area contributed by atoms with Crippen molar-refractivity contribution >= 4 is 11.6 Å². The Morgan fingerprint density at radius 3 is 2.78 bits per heavy atom. The monoisotopic (exact) mass is 252 g/mol. The van der Waals surface area contributed by atoms with Crippen LogP contribution in [-0.4, -0.2) is 37.1 Å². The predicted molar refractivity (Wildman–Crippen MR) is 66.7 cm³/mol. The fourth-order valence-electron chi connectivity index (χ4n) is 1.93. The first kappa shape index (κ1) is 12.8. The highest BCUT2D eigenvalue weighted by molar-refractivity contribution is 5.95. The van der Waals surface area contributed by atoms with Crippen molar-refractivity contribution in [1.29, 1.82) is 0 Å². The van der Waals surface area contributed by atoms with Gasteiger partial charge in [-0.1, -0.05) is 0 Å². The van der Waals surface area contributed by atoms with Gasteiger partial charge in [0.2, 0.25) is 0 Å². The van der Waals surface area contributed by atoms with Gasteiger partial charge in [0.05, 0.1) is 6.61 Å². The lowest BCUT2D eigenvalue weighted by molar-refractivity contribution is 0.0680. The molecule has 0 unspecified atom stereocenters. The van der Waals surface area contributed by atoms with Gasteiger partial charge in [-0.25, -0.2) is 4.39 Å². The van der Waals surface area contributed by atoms with Gasteiger partial charge in [0, 0.05) is 30.9 Å². The molecule has 0 aliphatic heterocycles. The maximum Gasteiger partial charge on any atom is 0.254 e. The number of amides is 1. The van der Waals surface area contributed by atoms with Crippen LogP contribution in [0.25, 0.3) is 0 Å². The molecule has 0 bridgehead atoms. The highest BCUT2D eigenvalue weighted by atomic mass is 19.1. The fourth-order valence-corrected chi connectivity index (χ4v) is 1.93. The first-order valence-corrected chi connectivity index (χ1v) is 5.98. The minimum absolute atomic E-state index is 0.180. The van der Waals surface area contributed by atoms with Crippen molar-refractivity contribution in [2.24, 2.45) is 0 Å². The number of nitrogens with two attached hydrogens (primary N) is 1. The van der Waals surface area contributed by atoms with Gasteiger partial charge in [-0.15, -0.1) is 0 Å². The van der Waals surface area contributed by atoms with Gasteiger partial charge in [0.25, 0.3) is 5.91 Å². The lowest BCUT2D eigenvalue weighted by atomic mass is 10.1. The van der Waals surface area contributed by atoms with Crippen LogP contribution in [-0.2, 0) is 4.74 Å². The van der Waals surface area contributed by atoms with Crippen molar-refractivity contribution in [3.63, 3.8) is 0 Å². The quantitative estimate of drug-likeness (QED) is 0.811. The van der Waals surface area contributed by atoms with Crippen molar-refractivity contribution in [1.82, 2.24) is 4.90 Å². The molecule has 0 atom stereocenters. The maximum absolute atomic E-state index is 13.2. The molecule has 1 aromatic rings. The molecule has 5 heteroatoms. The van der Waals surface area contributed by atoms with E-state index in [4.69, 9.17) is 10.5 Å². The van der Waals surface area contributed by atoms with E-state index in [2.05, 4.69) is 0 Å². The third kappa shape index (κ3) is 2.98. The van der Waals surface area contributed by atoms with E-state index in [1.54, 1.807) is 12.0 Å². The number of hydrogen-bond acceptors (Lipinski definition) is 3. The Morgan fingerprint density at radius 2 is 2.22 bits per heavy atom. The Labute approximate surface area is 106 Å². The zero-order valence-electron chi connectivity index (χ0n) is 10.4. The molecule has 1 fully saturated rings. The van der Waals surface area contributed by atoms with E-state index >= 15 is 0 Å². The van der Waals surface area contributed by atoms with Crippen LogP contribution in [0.5, 0.6) is 0 Å². The van der Waals surface area contributed by atoms with Crippen molar-refractivity contribution in [2.75, 3.05) is 26.0 Å². The Morgan fingerprint density at radius 1 is 1.50 bits per heavy atom. The summed E-state index contributed by atoms with van der Waals surface area (Å²) in [6.45, 7) is 1.00. The molecule has 4 nitrogen and oxygen atoms in total. The normalized spacial score (nSPS) is 14.6. The SMILES string of the molecule is COCCN(C(=O)c1cc(N)cc(F)c1)C1CC1. The third-order valence-electron chi connectivity index (χ3n) is 2.95. The molecule has 98 valence electrons. The lowest BCUT2D eigenvalue weighted by Crippen LogP contribution is -2.35. The Kier molecular flexibility index (Phi) is 3.81. The number of anilines is 1. The highest BCUT2D eigenvalue weighted by Crippen LogP contribution is 2.28. The summed E-state index contributed by atoms with van der Waals surface area (Å²) in [5, 5.41) is 0. The van der Waals surface area contributed by atoms with Gasteiger partial charge in [0.1, 0.15) is 5.82 Å². The molecule has 1 aromatic carbocycles. The average molecular weight is 252 g/mol. The third-order valence-corrected chi connectivity index (χ3v) is 2.95. The van der Waals surface area contributed by atoms with Crippen LogP contribution < -0.4 is 5.73 Å². The number of carbonyl (C=O) groups is 1. The largest absolute Gasteiger partial charge is 0.399 e. The Balaban J connectivity index is 2.16. The van der Waals surface area contributed by atoms with Crippen LogP contribution in [0.1, 0.15) is 23.2 Å². The zero-order chi connectivity index (χ0) is 13.1. The molecule has 0 saturated heterocycles. The number of nitrogens with zero attached hydrogens (tertiary/aromatic N) is 1. The van der Waals surface area contributed by atoms with E-state index in [0.717, 1.165) is 12.8 Å². The molecule has 0 spiro atoms. The van der Waals surface area contributed by atoms with Crippen LogP contribution in [0, 0.1) is 5.82 Å². The van der Waals surface area contributed by atoms with Gasteiger partial charge in [-0.2, -0.15) is 0 Å². The number of methoxy groups -OCH3 is 1. The van der Waals surface area contributed by atoms with Crippen molar-refractivity contribution in [3.05, 3.63) is 29.6 Å². The number of hydrogen-bond donors (Lipinski definition) is 1. The molecule has 1 aliphatic carbocycles. The lowest BCUT2D eigenvalue weighted by Gasteiger charge is -2.22. The molecule has 0 heterocycles. The molecular formula is C13H17FN2O2. The number of carbonyl (C=O) groups excluding carboxylic acids is 1. The van der Waals surface area contributed by atoms with E-state index in [1.165, 1.54) is 18.2 Å². The van der Waals surface area contributed by atoms with E-state index in [0.29, 0.717) is 18.7 Å². The molecule has 2 rings (SSSR count). The van der Waals surface area contributed by atoms with Crippen molar-refractivity contribution in [3.8, 4) is 0 Å². The summed E-state index contributed by atoms with van der Waals surface area (Å²) in [4.78, 5) is 14.0. The van der Waals surface area contributed by atoms with Gasteiger partial charge in [0.15, 0.2) is 0 Å². The second kappa shape index (κ2) is 5.35. The number of ether oxygens (including phenoxy) is 1. The standard InChI is InChI=1S/C13H17FN2O2/c1-18-5-4-16(12-2-3-12)13(17)9-6-10(14)8-11(15)7-9/h6-8,12H,2-5,15H2,1H3. The van der Waals surface area contributed by atoms with Crippen molar-refractivity contribution < 1.29 is 13.9 Å². The molecule has 0 aromatic heterocycles. The second-order valence-electron chi connectivity index (χ2n) is 4.50. The number of rotatable bonds is 5. The topological polar surface area (TPSA) is 55.6 Å². The maximum atomic E-state index is 13.2. The minimum atomic E-state index is -0.485. The van der Waals surface area contributed by atoms with Crippen LogP contribution >= 0.6 is 0 Å². The second-order valence-corrected chi connectivity index (χ2v) is 4.50. The Hall–Kier alpha value is -1.62. The van der Waals surface area contributed by atoms with E-state index < -0.39 is 5.82 Å². The summed E-state index contributed by atoms with van der Waals surface area (Å²) in [7, 11) is 1.59. The van der Waals surface area contributed by atoms with Crippen LogP contribution in [0.4, 0.5) is 10.1 Å². The van der Waals surface area contributed by atoms with Gasteiger partial charge in [-0.3, -0.25) is 4.79 Å². The summed E-state index contributed by atoms with van der Waals surface area (Å²) in [6, 6.07) is 4.19. The minimum Gasteiger partial charge on any atom is -0.399 e. The number of nitrogen functional groups attached to an aromatic ring is 1. The summed E-state index contributed by atoms with van der Waals surface area (Å²) in [5.41, 5.74) is 6.12. The molecule has 1 amide bonds. The first-order chi connectivity index (χ1) is 8.61. The van der Waals surface area contributed by atoms with Gasteiger partial charge >= 0.3 is 0 Å². The molecule has 18 heavy (non-hydrogen) atoms. The van der Waals surface area contributed by atoms with Crippen LogP contribution in [0.3, 0.4) is 0 Å². The van der Waals surface area contributed by atoms with Gasteiger partial charge in [-0.05, 0) is 31.0 Å². The number of halogens is 1. The molecule has 1 saturated carbocycles. The highest BCUT2D eigenvalue weighted by Gasteiger charge is 2.32. The van der Waals surface area contributed by atoms with E-state index in [-0.39, 0.29) is 17.6 Å². The van der Waals surface area contributed by atoms with Gasteiger partial charge < -0.3 is 15.4 Å². The fraction of sp³-hybridized carbons (Fsp3) is 0.462. The van der Waals surface area contributed by atoms with Crippen LogP contribution in [0.15, 0.2) is 18.2 Å². The molecular weight excluding hydrogens is 235 g/mol. The zero-order valence-corrected chi connectivity index (χ0v) is 10.4. The average Bonchev–Trinajstić information content (AvgIpc) is 3.12. The predicted octanol–water partition coefficient (Wildman–Crippen LogP) is 1.66. The summed E-state index contributed by atoms with van der Waals surface area (Å²) in [6.07, 6.45) is 2.00. The molecule has 2 N–H and O–H groups in total.